The minimum absolute atomic E-state index is 0.0620. The van der Waals surface area contributed by atoms with Crippen LogP contribution in [0.25, 0.3) is 10.9 Å². The third kappa shape index (κ3) is 6.12. The second-order valence-corrected chi connectivity index (χ2v) is 7.59. The molecule has 0 saturated carbocycles. The average Bonchev–Trinajstić information content (AvgIpc) is 3.28. The predicted octanol–water partition coefficient (Wildman–Crippen LogP) is 4.54. The van der Waals surface area contributed by atoms with E-state index in [1.54, 1.807) is 18.2 Å². The van der Waals surface area contributed by atoms with Crippen LogP contribution in [-0.4, -0.2) is 31.7 Å². The van der Waals surface area contributed by atoms with Crippen molar-refractivity contribution in [2.24, 2.45) is 0 Å². The smallest absolute Gasteiger partial charge is 0.165 e. The lowest BCUT2D eigenvalue weighted by Gasteiger charge is -2.11. The highest BCUT2D eigenvalue weighted by Crippen LogP contribution is 2.28. The number of nitrogens with zero attached hydrogens (tertiary/aromatic N) is 1. The zero-order valence-electron chi connectivity index (χ0n) is 16.9. The van der Waals surface area contributed by atoms with Gasteiger partial charge in [-0.15, -0.1) is 0 Å². The van der Waals surface area contributed by atoms with Crippen LogP contribution in [0.4, 0.5) is 0 Å². The van der Waals surface area contributed by atoms with E-state index in [1.807, 2.05) is 29.2 Å². The summed E-state index contributed by atoms with van der Waals surface area (Å²) in [6.07, 6.45) is 10.2. The van der Waals surface area contributed by atoms with E-state index in [2.05, 4.69) is 11.9 Å². The van der Waals surface area contributed by atoms with Crippen molar-refractivity contribution in [1.29, 1.82) is 0 Å². The second-order valence-electron chi connectivity index (χ2n) is 7.59. The summed E-state index contributed by atoms with van der Waals surface area (Å²) in [6.45, 7) is 2.40. The average molecular weight is 399 g/mol. The summed E-state index contributed by atoms with van der Waals surface area (Å²) in [6, 6.07) is 7.15. The fraction of sp³-hybridized carbons (Fsp3) is 0.435. The highest BCUT2D eigenvalue weighted by atomic mass is 16.5. The Labute approximate surface area is 171 Å². The molecule has 156 valence electrons. The van der Waals surface area contributed by atoms with Crippen LogP contribution < -0.4 is 4.74 Å². The van der Waals surface area contributed by atoms with E-state index in [0.29, 0.717) is 25.0 Å². The Morgan fingerprint density at radius 2 is 2.10 bits per heavy atom. The SMILES string of the molecule is CCCCCC(O)CC(=O)CCc1ccc(O)c(OCn2cc3cc[nH]c3c2)c1. The molecule has 0 amide bonds. The fourth-order valence-corrected chi connectivity index (χ4v) is 3.43. The van der Waals surface area contributed by atoms with E-state index in [9.17, 15) is 15.0 Å². The first-order valence-electron chi connectivity index (χ1n) is 10.3. The number of aliphatic hydroxyl groups is 1. The van der Waals surface area contributed by atoms with E-state index in [-0.39, 0.29) is 24.7 Å². The Morgan fingerprint density at radius 3 is 2.90 bits per heavy atom. The number of hydrogen-bond donors (Lipinski definition) is 3. The highest BCUT2D eigenvalue weighted by Gasteiger charge is 2.12. The maximum atomic E-state index is 12.1. The predicted molar refractivity (Wildman–Crippen MR) is 113 cm³/mol. The van der Waals surface area contributed by atoms with Gasteiger partial charge in [-0.25, -0.2) is 0 Å². The van der Waals surface area contributed by atoms with Gasteiger partial charge >= 0.3 is 0 Å². The molecule has 0 spiro atoms. The number of Topliss-reactive ketones (excluding diaryl/α,β-unsaturated/α-hetero) is 1. The molecule has 2 heterocycles. The van der Waals surface area contributed by atoms with Crippen LogP contribution in [0.2, 0.25) is 0 Å². The largest absolute Gasteiger partial charge is 0.504 e. The van der Waals surface area contributed by atoms with E-state index in [1.165, 1.54) is 0 Å². The number of unbranched alkanes of at least 4 members (excludes halogenated alkanes) is 2. The lowest BCUT2D eigenvalue weighted by atomic mass is 10.0. The van der Waals surface area contributed by atoms with Crippen molar-refractivity contribution in [3.05, 3.63) is 48.4 Å². The number of hydrogen-bond acceptors (Lipinski definition) is 4. The molecule has 3 aromatic rings. The van der Waals surface area contributed by atoms with E-state index < -0.39 is 6.10 Å². The normalized spacial score (nSPS) is 12.3. The zero-order valence-corrected chi connectivity index (χ0v) is 16.9. The summed E-state index contributed by atoms with van der Waals surface area (Å²) in [7, 11) is 0. The van der Waals surface area contributed by atoms with E-state index in [4.69, 9.17) is 4.74 Å². The third-order valence-corrected chi connectivity index (χ3v) is 5.10. The van der Waals surface area contributed by atoms with Crippen LogP contribution in [0.3, 0.4) is 0 Å². The molecule has 1 atom stereocenters. The molecule has 0 saturated heterocycles. The van der Waals surface area contributed by atoms with Crippen LogP contribution in [0, 0.1) is 0 Å². The minimum Gasteiger partial charge on any atom is -0.504 e. The van der Waals surface area contributed by atoms with Gasteiger partial charge in [0.2, 0.25) is 0 Å². The molecule has 0 aliphatic rings. The Kier molecular flexibility index (Phi) is 7.36. The van der Waals surface area contributed by atoms with Crippen LogP contribution in [0.15, 0.2) is 42.9 Å². The van der Waals surface area contributed by atoms with Gasteiger partial charge in [0.05, 0.1) is 11.6 Å². The topological polar surface area (TPSA) is 87.5 Å². The van der Waals surface area contributed by atoms with E-state index >= 15 is 0 Å². The molecule has 3 N–H and O–H groups in total. The minimum atomic E-state index is -0.541. The summed E-state index contributed by atoms with van der Waals surface area (Å²) in [5.41, 5.74) is 1.95. The third-order valence-electron chi connectivity index (χ3n) is 5.10. The number of aryl methyl sites for hydroxylation is 1. The molecule has 3 rings (SSSR count). The molecule has 0 bridgehead atoms. The van der Waals surface area contributed by atoms with Gasteiger partial charge in [-0.1, -0.05) is 32.3 Å². The zero-order chi connectivity index (χ0) is 20.6. The molecule has 0 radical (unpaired) electrons. The number of aromatic hydroxyl groups is 1. The summed E-state index contributed by atoms with van der Waals surface area (Å²) >= 11 is 0. The number of ketones is 1. The van der Waals surface area contributed by atoms with Crippen molar-refractivity contribution in [3.63, 3.8) is 0 Å². The van der Waals surface area contributed by atoms with Crippen LogP contribution in [0.1, 0.15) is 51.0 Å². The summed E-state index contributed by atoms with van der Waals surface area (Å²) in [5, 5.41) is 21.1. The first-order valence-corrected chi connectivity index (χ1v) is 10.3. The highest BCUT2D eigenvalue weighted by molar-refractivity contribution is 5.79. The van der Waals surface area contributed by atoms with Gasteiger partial charge in [-0.2, -0.15) is 0 Å². The molecule has 0 fully saturated rings. The molecule has 1 unspecified atom stereocenters. The number of aliphatic hydroxyl groups excluding tert-OH is 1. The van der Waals surface area contributed by atoms with Gasteiger partial charge in [0, 0.05) is 36.8 Å². The first kappa shape index (κ1) is 21.0. The van der Waals surface area contributed by atoms with Crippen molar-refractivity contribution in [2.45, 2.75) is 64.7 Å². The number of aromatic nitrogens is 2. The van der Waals surface area contributed by atoms with Crippen molar-refractivity contribution in [3.8, 4) is 11.5 Å². The van der Waals surface area contributed by atoms with Crippen LogP contribution in [0.5, 0.6) is 11.5 Å². The Morgan fingerprint density at radius 1 is 1.24 bits per heavy atom. The van der Waals surface area contributed by atoms with Gasteiger partial charge in [-0.05, 0) is 36.6 Å². The number of benzene rings is 1. The maximum Gasteiger partial charge on any atom is 0.165 e. The number of carbonyl (C=O) groups is 1. The maximum absolute atomic E-state index is 12.1. The van der Waals surface area contributed by atoms with Gasteiger partial charge in [-0.3, -0.25) is 4.79 Å². The monoisotopic (exact) mass is 398 g/mol. The van der Waals surface area contributed by atoms with Gasteiger partial charge in [0.15, 0.2) is 18.2 Å². The quantitative estimate of drug-likeness (QED) is 0.391. The number of ether oxygens (including phenoxy) is 1. The molecule has 29 heavy (non-hydrogen) atoms. The Hall–Kier alpha value is -2.73. The fourth-order valence-electron chi connectivity index (χ4n) is 3.43. The van der Waals surface area contributed by atoms with Gasteiger partial charge < -0.3 is 24.5 Å². The number of phenols is 1. The van der Waals surface area contributed by atoms with Crippen LogP contribution in [-0.2, 0) is 17.9 Å². The number of rotatable bonds is 12. The Balaban J connectivity index is 1.49. The summed E-state index contributed by atoms with van der Waals surface area (Å²) < 4.78 is 7.66. The lowest BCUT2D eigenvalue weighted by Crippen LogP contribution is -2.14. The van der Waals surface area contributed by atoms with Crippen molar-refractivity contribution in [2.75, 3.05) is 0 Å². The molecule has 0 aliphatic carbocycles. The van der Waals surface area contributed by atoms with Gasteiger partial charge in [0.25, 0.3) is 0 Å². The molecular weight excluding hydrogens is 368 g/mol. The molecule has 0 aliphatic heterocycles. The second kappa shape index (κ2) is 10.2. The molecule has 1 aromatic carbocycles. The number of H-pyrrole nitrogens is 1. The first-order chi connectivity index (χ1) is 14.0. The number of nitrogens with one attached hydrogen (secondary N) is 1. The number of phenolic OH excluding ortho intramolecular Hbond substituents is 1. The standard InChI is InChI=1S/C23H30N2O4/c1-2-3-4-5-19(26)13-20(27)8-6-17-7-9-22(28)23(12-17)29-16-25-14-18-10-11-24-21(18)15-25/h7,9-12,14-15,19,24,26,28H,2-6,8,13,16H2,1H3. The summed E-state index contributed by atoms with van der Waals surface area (Å²) in [4.78, 5) is 15.3. The van der Waals surface area contributed by atoms with Crippen molar-refractivity contribution >= 4 is 16.7 Å². The number of fused-ring (bicyclic) bond motifs is 1. The number of aromatic amines is 1. The van der Waals surface area contributed by atoms with Crippen molar-refractivity contribution in [1.82, 2.24) is 9.55 Å². The lowest BCUT2D eigenvalue weighted by molar-refractivity contribution is -0.121. The molecule has 2 aromatic heterocycles. The molecule has 6 nitrogen and oxygen atoms in total. The Bertz CT molecular complexity index is 900. The van der Waals surface area contributed by atoms with Crippen LogP contribution >= 0.6 is 0 Å². The summed E-state index contributed by atoms with van der Waals surface area (Å²) in [5.74, 6) is 0.531. The van der Waals surface area contributed by atoms with E-state index in [0.717, 1.165) is 35.7 Å². The van der Waals surface area contributed by atoms with Gasteiger partial charge in [0.1, 0.15) is 5.78 Å². The number of carbonyl (C=O) groups excluding carboxylic acids is 1. The van der Waals surface area contributed by atoms with Crippen molar-refractivity contribution < 1.29 is 19.7 Å². The molecule has 6 heteroatoms. The molecular formula is C23H30N2O4.